The molecule has 90 valence electrons. The standard InChI is InChI=1S/C15H19NO/c1-15(17,13-7-3-2-4-8-13)14-9-5-6-12(10-14)11-16/h5-6,9-10,13,17H,2-4,7-8H2,1H3. The van der Waals surface area contributed by atoms with Crippen LogP contribution in [0.2, 0.25) is 0 Å². The van der Waals surface area contributed by atoms with Gasteiger partial charge in [-0.3, -0.25) is 0 Å². The molecule has 2 heteroatoms. The van der Waals surface area contributed by atoms with Crippen molar-refractivity contribution in [2.75, 3.05) is 0 Å². The lowest BCUT2D eigenvalue weighted by atomic mass is 9.74. The first-order chi connectivity index (χ1) is 8.14. The van der Waals surface area contributed by atoms with E-state index in [1.165, 1.54) is 19.3 Å². The third kappa shape index (κ3) is 2.50. The van der Waals surface area contributed by atoms with Gasteiger partial charge in [-0.25, -0.2) is 0 Å². The lowest BCUT2D eigenvalue weighted by Crippen LogP contribution is -2.33. The summed E-state index contributed by atoms with van der Waals surface area (Å²) < 4.78 is 0. The first-order valence-electron chi connectivity index (χ1n) is 6.37. The smallest absolute Gasteiger partial charge is 0.0991 e. The zero-order chi connectivity index (χ0) is 12.3. The van der Waals surface area contributed by atoms with Crippen molar-refractivity contribution in [1.82, 2.24) is 0 Å². The Morgan fingerprint density at radius 2 is 2.00 bits per heavy atom. The van der Waals surface area contributed by atoms with Gasteiger partial charge in [0, 0.05) is 0 Å². The Bertz CT molecular complexity index is 425. The van der Waals surface area contributed by atoms with E-state index in [1.807, 2.05) is 25.1 Å². The molecule has 1 aromatic carbocycles. The van der Waals surface area contributed by atoms with Crippen LogP contribution in [0.5, 0.6) is 0 Å². The van der Waals surface area contributed by atoms with Crippen LogP contribution < -0.4 is 0 Å². The number of hydrogen-bond acceptors (Lipinski definition) is 2. The molecule has 0 saturated heterocycles. The molecule has 1 unspecified atom stereocenters. The molecule has 2 rings (SSSR count). The molecule has 0 aromatic heterocycles. The van der Waals surface area contributed by atoms with Crippen molar-refractivity contribution in [3.05, 3.63) is 35.4 Å². The van der Waals surface area contributed by atoms with E-state index in [9.17, 15) is 5.11 Å². The van der Waals surface area contributed by atoms with Crippen LogP contribution in [0.15, 0.2) is 24.3 Å². The maximum absolute atomic E-state index is 10.7. The third-order valence-corrected chi connectivity index (χ3v) is 3.98. The van der Waals surface area contributed by atoms with E-state index in [4.69, 9.17) is 5.26 Å². The van der Waals surface area contributed by atoms with E-state index in [0.717, 1.165) is 18.4 Å². The van der Waals surface area contributed by atoms with Crippen LogP contribution in [0.4, 0.5) is 0 Å². The van der Waals surface area contributed by atoms with Crippen molar-refractivity contribution in [1.29, 1.82) is 5.26 Å². The number of rotatable bonds is 2. The van der Waals surface area contributed by atoms with E-state index in [2.05, 4.69) is 6.07 Å². The van der Waals surface area contributed by atoms with Gasteiger partial charge in [-0.05, 0) is 43.4 Å². The number of nitriles is 1. The quantitative estimate of drug-likeness (QED) is 0.845. The van der Waals surface area contributed by atoms with Crippen LogP contribution in [-0.4, -0.2) is 5.11 Å². The molecule has 17 heavy (non-hydrogen) atoms. The summed E-state index contributed by atoms with van der Waals surface area (Å²) in [5, 5.41) is 19.6. The van der Waals surface area contributed by atoms with Crippen molar-refractivity contribution in [2.24, 2.45) is 5.92 Å². The number of benzene rings is 1. The second-order valence-electron chi connectivity index (χ2n) is 5.18. The highest BCUT2D eigenvalue weighted by molar-refractivity contribution is 5.35. The van der Waals surface area contributed by atoms with Crippen molar-refractivity contribution < 1.29 is 5.11 Å². The van der Waals surface area contributed by atoms with E-state index >= 15 is 0 Å². The summed E-state index contributed by atoms with van der Waals surface area (Å²) >= 11 is 0. The topological polar surface area (TPSA) is 44.0 Å². The first kappa shape index (κ1) is 12.1. The maximum Gasteiger partial charge on any atom is 0.0991 e. The molecule has 0 radical (unpaired) electrons. The van der Waals surface area contributed by atoms with Crippen molar-refractivity contribution >= 4 is 0 Å². The van der Waals surface area contributed by atoms with Crippen LogP contribution >= 0.6 is 0 Å². The Labute approximate surface area is 103 Å². The molecule has 0 amide bonds. The Hall–Kier alpha value is -1.33. The fraction of sp³-hybridized carbons (Fsp3) is 0.533. The summed E-state index contributed by atoms with van der Waals surface area (Å²) in [6.07, 6.45) is 5.87. The lowest BCUT2D eigenvalue weighted by molar-refractivity contribution is -0.0215. The summed E-state index contributed by atoms with van der Waals surface area (Å²) in [5.41, 5.74) is 0.704. The maximum atomic E-state index is 10.7. The van der Waals surface area contributed by atoms with E-state index < -0.39 is 5.60 Å². The van der Waals surface area contributed by atoms with Crippen LogP contribution in [0, 0.1) is 17.2 Å². The molecule has 1 aliphatic rings. The van der Waals surface area contributed by atoms with Crippen molar-refractivity contribution in [2.45, 2.75) is 44.6 Å². The van der Waals surface area contributed by atoms with Crippen LogP contribution in [0.1, 0.15) is 50.2 Å². The Morgan fingerprint density at radius 3 is 2.65 bits per heavy atom. The zero-order valence-corrected chi connectivity index (χ0v) is 10.3. The second kappa shape index (κ2) is 4.89. The summed E-state index contributed by atoms with van der Waals surface area (Å²) in [5.74, 6) is 0.324. The molecule has 0 heterocycles. The fourth-order valence-corrected chi connectivity index (χ4v) is 2.80. The predicted octanol–water partition coefficient (Wildman–Crippen LogP) is 3.35. The van der Waals surface area contributed by atoms with Gasteiger partial charge in [0.15, 0.2) is 0 Å². The van der Waals surface area contributed by atoms with Gasteiger partial charge in [0.2, 0.25) is 0 Å². The van der Waals surface area contributed by atoms with Gasteiger partial charge in [-0.15, -0.1) is 0 Å². The Morgan fingerprint density at radius 1 is 1.29 bits per heavy atom. The van der Waals surface area contributed by atoms with Gasteiger partial charge < -0.3 is 5.11 Å². The largest absolute Gasteiger partial charge is 0.385 e. The summed E-state index contributed by atoms with van der Waals surface area (Å²) in [6, 6.07) is 9.50. The zero-order valence-electron chi connectivity index (χ0n) is 10.3. The lowest BCUT2D eigenvalue weighted by Gasteiger charge is -2.36. The van der Waals surface area contributed by atoms with Crippen molar-refractivity contribution in [3.63, 3.8) is 0 Å². The van der Waals surface area contributed by atoms with Crippen LogP contribution in [0.3, 0.4) is 0 Å². The molecular weight excluding hydrogens is 210 g/mol. The van der Waals surface area contributed by atoms with Gasteiger partial charge in [0.1, 0.15) is 0 Å². The molecule has 1 atom stereocenters. The Balaban J connectivity index is 2.26. The third-order valence-electron chi connectivity index (χ3n) is 3.98. The molecule has 0 aliphatic heterocycles. The SMILES string of the molecule is CC(O)(c1cccc(C#N)c1)C1CCCCC1. The molecule has 0 spiro atoms. The molecule has 2 nitrogen and oxygen atoms in total. The minimum atomic E-state index is -0.798. The predicted molar refractivity (Wildman–Crippen MR) is 67.3 cm³/mol. The molecule has 1 aliphatic carbocycles. The van der Waals surface area contributed by atoms with Gasteiger partial charge >= 0.3 is 0 Å². The Kier molecular flexibility index (Phi) is 3.49. The number of nitrogens with zero attached hydrogens (tertiary/aromatic N) is 1. The van der Waals surface area contributed by atoms with E-state index in [0.29, 0.717) is 11.5 Å². The highest BCUT2D eigenvalue weighted by atomic mass is 16.3. The van der Waals surface area contributed by atoms with Gasteiger partial charge in [-0.1, -0.05) is 31.4 Å². The monoisotopic (exact) mass is 229 g/mol. The fourth-order valence-electron chi connectivity index (χ4n) is 2.80. The number of hydrogen-bond donors (Lipinski definition) is 1. The highest BCUT2D eigenvalue weighted by Crippen LogP contribution is 2.39. The molecular formula is C15H19NO. The minimum absolute atomic E-state index is 0.324. The minimum Gasteiger partial charge on any atom is -0.385 e. The number of aliphatic hydroxyl groups is 1. The van der Waals surface area contributed by atoms with Crippen LogP contribution in [0.25, 0.3) is 0 Å². The summed E-state index contributed by atoms with van der Waals surface area (Å²) in [6.45, 7) is 1.89. The van der Waals surface area contributed by atoms with Gasteiger partial charge in [0.25, 0.3) is 0 Å². The van der Waals surface area contributed by atoms with E-state index in [-0.39, 0.29) is 0 Å². The molecule has 0 bridgehead atoms. The van der Waals surface area contributed by atoms with Gasteiger partial charge in [0.05, 0.1) is 17.2 Å². The summed E-state index contributed by atoms with van der Waals surface area (Å²) in [7, 11) is 0. The molecule has 1 fully saturated rings. The molecule has 1 aromatic rings. The van der Waals surface area contributed by atoms with Gasteiger partial charge in [-0.2, -0.15) is 5.26 Å². The normalized spacial score (nSPS) is 20.5. The molecule has 1 saturated carbocycles. The van der Waals surface area contributed by atoms with Crippen LogP contribution in [-0.2, 0) is 5.60 Å². The average Bonchev–Trinajstić information content (AvgIpc) is 2.40. The molecule has 1 N–H and O–H groups in total. The first-order valence-corrected chi connectivity index (χ1v) is 6.37. The second-order valence-corrected chi connectivity index (χ2v) is 5.18. The van der Waals surface area contributed by atoms with Crippen molar-refractivity contribution in [3.8, 4) is 6.07 Å². The highest BCUT2D eigenvalue weighted by Gasteiger charge is 2.34. The average molecular weight is 229 g/mol. The summed E-state index contributed by atoms with van der Waals surface area (Å²) in [4.78, 5) is 0. The van der Waals surface area contributed by atoms with E-state index in [1.54, 1.807) is 6.07 Å².